The quantitative estimate of drug-likeness (QED) is 0.805. The lowest BCUT2D eigenvalue weighted by Crippen LogP contribution is -2.05. The van der Waals surface area contributed by atoms with Gasteiger partial charge in [-0.3, -0.25) is 0 Å². The Kier molecular flexibility index (Phi) is 5.82. The van der Waals surface area contributed by atoms with Gasteiger partial charge in [-0.15, -0.1) is 11.8 Å². The summed E-state index contributed by atoms with van der Waals surface area (Å²) in [7, 11) is 3.29. The van der Waals surface area contributed by atoms with Crippen molar-refractivity contribution in [3.05, 3.63) is 17.7 Å². The zero-order valence-corrected chi connectivity index (χ0v) is 12.5. The van der Waals surface area contributed by atoms with Crippen molar-refractivity contribution in [1.82, 2.24) is 0 Å². The van der Waals surface area contributed by atoms with Gasteiger partial charge in [0, 0.05) is 28.2 Å². The molecule has 0 aromatic heterocycles. The summed E-state index contributed by atoms with van der Waals surface area (Å²) in [6, 6.07) is 4.02. The summed E-state index contributed by atoms with van der Waals surface area (Å²) in [5.41, 5.74) is 0.926. The van der Waals surface area contributed by atoms with E-state index < -0.39 is 0 Å². The highest BCUT2D eigenvalue weighted by Gasteiger charge is 2.18. The summed E-state index contributed by atoms with van der Waals surface area (Å²) in [5, 5.41) is 9.83. The number of benzene rings is 1. The highest BCUT2D eigenvalue weighted by Crippen LogP contribution is 2.39. The molecule has 0 aliphatic heterocycles. The standard InChI is InChI=1S/C14H22O3S/c1-9(2)18-11-6-12(16-4)14(10(3)8-15)13(7-11)17-5/h6-7,9-10,15H,8H2,1-5H3. The SMILES string of the molecule is COc1cc(SC(C)C)cc(OC)c1C(C)CO. The molecule has 1 aromatic rings. The monoisotopic (exact) mass is 270 g/mol. The van der Waals surface area contributed by atoms with Crippen molar-refractivity contribution in [2.24, 2.45) is 0 Å². The molecule has 0 fully saturated rings. The summed E-state index contributed by atoms with van der Waals surface area (Å²) < 4.78 is 10.9. The van der Waals surface area contributed by atoms with Crippen LogP contribution in [0.5, 0.6) is 11.5 Å². The van der Waals surface area contributed by atoms with Crippen LogP contribution >= 0.6 is 11.8 Å². The molecule has 1 N–H and O–H groups in total. The molecule has 1 unspecified atom stereocenters. The molecular weight excluding hydrogens is 248 g/mol. The van der Waals surface area contributed by atoms with E-state index in [2.05, 4.69) is 13.8 Å². The highest BCUT2D eigenvalue weighted by molar-refractivity contribution is 7.99. The molecule has 0 bridgehead atoms. The second-order valence-corrected chi connectivity index (χ2v) is 6.14. The van der Waals surface area contributed by atoms with Gasteiger partial charge in [0.2, 0.25) is 0 Å². The molecule has 0 spiro atoms. The van der Waals surface area contributed by atoms with Gasteiger partial charge in [0.1, 0.15) is 11.5 Å². The third-order valence-electron chi connectivity index (χ3n) is 2.66. The predicted molar refractivity (Wildman–Crippen MR) is 76.0 cm³/mol. The van der Waals surface area contributed by atoms with Gasteiger partial charge in [-0.25, -0.2) is 0 Å². The smallest absolute Gasteiger partial charge is 0.127 e. The summed E-state index contributed by atoms with van der Waals surface area (Å²) in [4.78, 5) is 1.12. The third kappa shape index (κ3) is 3.56. The van der Waals surface area contributed by atoms with Crippen molar-refractivity contribution in [3.8, 4) is 11.5 Å². The van der Waals surface area contributed by atoms with Gasteiger partial charge >= 0.3 is 0 Å². The van der Waals surface area contributed by atoms with Crippen LogP contribution in [0.3, 0.4) is 0 Å². The van der Waals surface area contributed by atoms with E-state index in [0.717, 1.165) is 22.0 Å². The second-order valence-electron chi connectivity index (χ2n) is 4.49. The molecule has 1 rings (SSSR count). The number of aliphatic hydroxyl groups excluding tert-OH is 1. The zero-order valence-electron chi connectivity index (χ0n) is 11.7. The molecule has 0 heterocycles. The van der Waals surface area contributed by atoms with Gasteiger partial charge in [-0.2, -0.15) is 0 Å². The summed E-state index contributed by atoms with van der Waals surface area (Å²) >= 11 is 1.76. The Morgan fingerprint density at radius 3 is 1.94 bits per heavy atom. The second kappa shape index (κ2) is 6.90. The molecule has 0 aliphatic rings. The van der Waals surface area contributed by atoms with Crippen molar-refractivity contribution in [3.63, 3.8) is 0 Å². The molecule has 0 saturated carbocycles. The van der Waals surface area contributed by atoms with Crippen LogP contribution in [0.1, 0.15) is 32.3 Å². The van der Waals surface area contributed by atoms with Crippen LogP contribution in [-0.2, 0) is 0 Å². The molecule has 1 aromatic carbocycles. The van der Waals surface area contributed by atoms with Crippen LogP contribution in [0, 0.1) is 0 Å². The van der Waals surface area contributed by atoms with Gasteiger partial charge in [0.25, 0.3) is 0 Å². The first kappa shape index (κ1) is 15.2. The van der Waals surface area contributed by atoms with Crippen LogP contribution in [-0.4, -0.2) is 31.2 Å². The Bertz CT molecular complexity index is 366. The van der Waals surface area contributed by atoms with Crippen LogP contribution in [0.15, 0.2) is 17.0 Å². The van der Waals surface area contributed by atoms with Gasteiger partial charge in [-0.05, 0) is 12.1 Å². The van der Waals surface area contributed by atoms with E-state index >= 15 is 0 Å². The van der Waals surface area contributed by atoms with Crippen LogP contribution in [0.2, 0.25) is 0 Å². The fraction of sp³-hybridized carbons (Fsp3) is 0.571. The normalized spacial score (nSPS) is 12.6. The summed E-state index contributed by atoms with van der Waals surface area (Å²) in [5.74, 6) is 1.55. The lowest BCUT2D eigenvalue weighted by molar-refractivity contribution is 0.265. The third-order valence-corrected chi connectivity index (χ3v) is 3.64. The van der Waals surface area contributed by atoms with E-state index in [1.54, 1.807) is 26.0 Å². The number of hydrogen-bond acceptors (Lipinski definition) is 4. The number of methoxy groups -OCH3 is 2. The maximum absolute atomic E-state index is 9.33. The Morgan fingerprint density at radius 1 is 1.11 bits per heavy atom. The molecule has 3 nitrogen and oxygen atoms in total. The summed E-state index contributed by atoms with van der Waals surface area (Å²) in [6.07, 6.45) is 0. The first-order valence-electron chi connectivity index (χ1n) is 6.06. The topological polar surface area (TPSA) is 38.7 Å². The van der Waals surface area contributed by atoms with E-state index in [4.69, 9.17) is 9.47 Å². The summed E-state index contributed by atoms with van der Waals surface area (Å²) in [6.45, 7) is 6.32. The first-order chi connectivity index (χ1) is 8.53. The van der Waals surface area contributed by atoms with Crippen molar-refractivity contribution in [2.45, 2.75) is 36.8 Å². The lowest BCUT2D eigenvalue weighted by atomic mass is 10.00. The lowest BCUT2D eigenvalue weighted by Gasteiger charge is -2.19. The van der Waals surface area contributed by atoms with E-state index in [1.165, 1.54) is 0 Å². The maximum Gasteiger partial charge on any atom is 0.127 e. The molecule has 18 heavy (non-hydrogen) atoms. The molecule has 0 amide bonds. The van der Waals surface area contributed by atoms with Gasteiger partial charge < -0.3 is 14.6 Å². The molecular formula is C14H22O3S. The highest BCUT2D eigenvalue weighted by atomic mass is 32.2. The van der Waals surface area contributed by atoms with Crippen molar-refractivity contribution in [1.29, 1.82) is 0 Å². The number of ether oxygens (including phenoxy) is 2. The largest absolute Gasteiger partial charge is 0.496 e. The van der Waals surface area contributed by atoms with E-state index in [9.17, 15) is 5.11 Å². The molecule has 1 atom stereocenters. The van der Waals surface area contributed by atoms with E-state index in [-0.39, 0.29) is 12.5 Å². The molecule has 0 radical (unpaired) electrons. The van der Waals surface area contributed by atoms with Gasteiger partial charge in [0.15, 0.2) is 0 Å². The molecule has 4 heteroatoms. The molecule has 0 saturated heterocycles. The fourth-order valence-corrected chi connectivity index (χ4v) is 2.73. The van der Waals surface area contributed by atoms with Crippen LogP contribution < -0.4 is 9.47 Å². The molecule has 0 aliphatic carbocycles. The minimum absolute atomic E-state index is 0.00648. The fourth-order valence-electron chi connectivity index (χ4n) is 1.83. The minimum atomic E-state index is -0.00648. The Hall–Kier alpha value is -0.870. The number of aliphatic hydroxyl groups is 1. The number of hydrogen-bond donors (Lipinski definition) is 1. The maximum atomic E-state index is 9.33. The van der Waals surface area contributed by atoms with Gasteiger partial charge in [-0.1, -0.05) is 20.8 Å². The van der Waals surface area contributed by atoms with E-state index in [1.807, 2.05) is 19.1 Å². The van der Waals surface area contributed by atoms with Gasteiger partial charge in [0.05, 0.1) is 14.2 Å². The van der Waals surface area contributed by atoms with Crippen molar-refractivity contribution in [2.75, 3.05) is 20.8 Å². The van der Waals surface area contributed by atoms with Crippen LogP contribution in [0.4, 0.5) is 0 Å². The first-order valence-corrected chi connectivity index (χ1v) is 6.94. The Balaban J connectivity index is 3.25. The average Bonchev–Trinajstić information content (AvgIpc) is 2.35. The number of rotatable bonds is 6. The Morgan fingerprint density at radius 2 is 1.61 bits per heavy atom. The minimum Gasteiger partial charge on any atom is -0.496 e. The molecule has 102 valence electrons. The van der Waals surface area contributed by atoms with E-state index in [0.29, 0.717) is 5.25 Å². The Labute approximate surface area is 113 Å². The zero-order chi connectivity index (χ0) is 13.7. The van der Waals surface area contributed by atoms with Crippen LogP contribution in [0.25, 0.3) is 0 Å². The van der Waals surface area contributed by atoms with Crippen molar-refractivity contribution >= 4 is 11.8 Å². The average molecular weight is 270 g/mol. The number of thioether (sulfide) groups is 1. The van der Waals surface area contributed by atoms with Crippen molar-refractivity contribution < 1.29 is 14.6 Å². The predicted octanol–water partition coefficient (Wildman–Crippen LogP) is 3.30.